The predicted molar refractivity (Wildman–Crippen MR) is 51.2 cm³/mol. The number of rotatable bonds is 8. The van der Waals surface area contributed by atoms with Gasteiger partial charge in [-0.2, -0.15) is 5.26 Å². The first-order chi connectivity index (χ1) is 6.31. The van der Waals surface area contributed by atoms with Gasteiger partial charge in [0.25, 0.3) is 0 Å². The second-order valence-corrected chi connectivity index (χ2v) is 3.06. The van der Waals surface area contributed by atoms with Gasteiger partial charge in [0, 0.05) is 6.42 Å². The summed E-state index contributed by atoms with van der Waals surface area (Å²) in [4.78, 5) is 14.0. The van der Waals surface area contributed by atoms with Crippen molar-refractivity contribution in [2.45, 2.75) is 44.9 Å². The standard InChI is InChI=1S/C10H18O3/c1-2-3-4-5-6-7-8-9-10(11)13-12/h2,12H,1,3-9H2. The number of unbranched alkanes of at least 4 members (excludes halogenated alkanes) is 5. The molecule has 0 aliphatic carbocycles. The molecule has 0 unspecified atom stereocenters. The van der Waals surface area contributed by atoms with Crippen molar-refractivity contribution in [3.63, 3.8) is 0 Å². The molecule has 0 atom stereocenters. The molecule has 0 spiro atoms. The second kappa shape index (κ2) is 9.26. The minimum Gasteiger partial charge on any atom is -0.301 e. The first kappa shape index (κ1) is 12.2. The molecule has 0 saturated carbocycles. The fraction of sp³-hybridized carbons (Fsp3) is 0.700. The third kappa shape index (κ3) is 9.08. The van der Waals surface area contributed by atoms with Crippen molar-refractivity contribution in [1.82, 2.24) is 0 Å². The van der Waals surface area contributed by atoms with E-state index in [1.165, 1.54) is 12.8 Å². The Morgan fingerprint density at radius 1 is 1.23 bits per heavy atom. The van der Waals surface area contributed by atoms with Crippen LogP contribution in [0.25, 0.3) is 0 Å². The van der Waals surface area contributed by atoms with Crippen LogP contribution in [0, 0.1) is 0 Å². The van der Waals surface area contributed by atoms with Crippen LogP contribution in [0.15, 0.2) is 12.7 Å². The van der Waals surface area contributed by atoms with E-state index >= 15 is 0 Å². The van der Waals surface area contributed by atoms with E-state index in [1.807, 2.05) is 6.08 Å². The number of carbonyl (C=O) groups excluding carboxylic acids is 1. The molecule has 0 rings (SSSR count). The van der Waals surface area contributed by atoms with Crippen LogP contribution in [-0.2, 0) is 9.68 Å². The van der Waals surface area contributed by atoms with Crippen LogP contribution in [0.3, 0.4) is 0 Å². The first-order valence-corrected chi connectivity index (χ1v) is 4.76. The van der Waals surface area contributed by atoms with E-state index < -0.39 is 5.97 Å². The minimum absolute atomic E-state index is 0.317. The molecule has 0 amide bonds. The Morgan fingerprint density at radius 2 is 1.85 bits per heavy atom. The largest absolute Gasteiger partial charge is 0.342 e. The van der Waals surface area contributed by atoms with E-state index in [0.717, 1.165) is 25.7 Å². The molecule has 13 heavy (non-hydrogen) atoms. The van der Waals surface area contributed by atoms with Crippen LogP contribution >= 0.6 is 0 Å². The lowest BCUT2D eigenvalue weighted by atomic mass is 10.1. The minimum atomic E-state index is -0.536. The van der Waals surface area contributed by atoms with Crippen LogP contribution in [0.5, 0.6) is 0 Å². The molecule has 1 N–H and O–H groups in total. The summed E-state index contributed by atoms with van der Waals surface area (Å²) >= 11 is 0. The zero-order valence-electron chi connectivity index (χ0n) is 8.00. The lowest BCUT2D eigenvalue weighted by Crippen LogP contribution is -1.99. The van der Waals surface area contributed by atoms with Gasteiger partial charge in [-0.15, -0.1) is 6.58 Å². The summed E-state index contributed by atoms with van der Waals surface area (Å²) in [6.45, 7) is 3.64. The quantitative estimate of drug-likeness (QED) is 0.274. The smallest absolute Gasteiger partial charge is 0.301 e. The molecular formula is C10H18O3. The summed E-state index contributed by atoms with van der Waals surface area (Å²) in [6.07, 6.45) is 8.61. The molecule has 0 aromatic carbocycles. The summed E-state index contributed by atoms with van der Waals surface area (Å²) in [5, 5.41) is 7.95. The second-order valence-electron chi connectivity index (χ2n) is 3.06. The molecule has 0 radical (unpaired) electrons. The third-order valence-corrected chi connectivity index (χ3v) is 1.89. The van der Waals surface area contributed by atoms with Gasteiger partial charge in [-0.1, -0.05) is 25.3 Å². The molecule has 3 heteroatoms. The molecule has 0 aliphatic rings. The SMILES string of the molecule is C=CCCCCCCCC(=O)OO. The van der Waals surface area contributed by atoms with E-state index in [-0.39, 0.29) is 0 Å². The zero-order valence-corrected chi connectivity index (χ0v) is 8.00. The Balaban J connectivity index is 2.99. The number of hydrogen-bond acceptors (Lipinski definition) is 3. The monoisotopic (exact) mass is 186 g/mol. The lowest BCUT2D eigenvalue weighted by Gasteiger charge is -1.98. The summed E-state index contributed by atoms with van der Waals surface area (Å²) < 4.78 is 0. The third-order valence-electron chi connectivity index (χ3n) is 1.89. The first-order valence-electron chi connectivity index (χ1n) is 4.76. The average molecular weight is 186 g/mol. The summed E-state index contributed by atoms with van der Waals surface area (Å²) in [5.41, 5.74) is 0. The predicted octanol–water partition coefficient (Wildman–Crippen LogP) is 2.92. The lowest BCUT2D eigenvalue weighted by molar-refractivity contribution is -0.234. The molecule has 76 valence electrons. The van der Waals surface area contributed by atoms with Crippen molar-refractivity contribution in [3.05, 3.63) is 12.7 Å². The van der Waals surface area contributed by atoms with Crippen molar-refractivity contribution < 1.29 is 14.9 Å². The van der Waals surface area contributed by atoms with E-state index in [1.54, 1.807) is 0 Å². The van der Waals surface area contributed by atoms with Gasteiger partial charge < -0.3 is 4.89 Å². The molecule has 0 saturated heterocycles. The molecule has 0 bridgehead atoms. The summed E-state index contributed by atoms with van der Waals surface area (Å²) in [5.74, 6) is -0.536. The summed E-state index contributed by atoms with van der Waals surface area (Å²) in [6, 6.07) is 0. The van der Waals surface area contributed by atoms with Gasteiger partial charge in [-0.05, 0) is 19.3 Å². The topological polar surface area (TPSA) is 46.5 Å². The van der Waals surface area contributed by atoms with E-state index in [0.29, 0.717) is 6.42 Å². The number of carbonyl (C=O) groups is 1. The highest BCUT2D eigenvalue weighted by Crippen LogP contribution is 2.07. The van der Waals surface area contributed by atoms with E-state index in [4.69, 9.17) is 5.26 Å². The van der Waals surface area contributed by atoms with Gasteiger partial charge in [-0.3, -0.25) is 0 Å². The Morgan fingerprint density at radius 3 is 2.46 bits per heavy atom. The van der Waals surface area contributed by atoms with E-state index in [2.05, 4.69) is 11.5 Å². The van der Waals surface area contributed by atoms with Gasteiger partial charge in [0.05, 0.1) is 0 Å². The fourth-order valence-electron chi connectivity index (χ4n) is 1.13. The Bertz CT molecular complexity index is 143. The maximum Gasteiger partial charge on any atom is 0.342 e. The maximum absolute atomic E-state index is 10.5. The molecule has 0 heterocycles. The Kier molecular flexibility index (Phi) is 8.67. The van der Waals surface area contributed by atoms with Gasteiger partial charge in [-0.25, -0.2) is 4.79 Å². The van der Waals surface area contributed by atoms with Crippen LogP contribution < -0.4 is 0 Å². The van der Waals surface area contributed by atoms with Crippen molar-refractivity contribution in [3.8, 4) is 0 Å². The van der Waals surface area contributed by atoms with Crippen molar-refractivity contribution in [1.29, 1.82) is 0 Å². The molecule has 0 aliphatic heterocycles. The van der Waals surface area contributed by atoms with Crippen molar-refractivity contribution >= 4 is 5.97 Å². The molecule has 0 aromatic heterocycles. The number of hydrogen-bond donors (Lipinski definition) is 1. The van der Waals surface area contributed by atoms with Gasteiger partial charge in [0.15, 0.2) is 0 Å². The molecule has 0 fully saturated rings. The Labute approximate surface area is 79.3 Å². The normalized spacial score (nSPS) is 9.62. The van der Waals surface area contributed by atoms with Gasteiger partial charge in [0.2, 0.25) is 0 Å². The van der Waals surface area contributed by atoms with Crippen molar-refractivity contribution in [2.75, 3.05) is 0 Å². The Hall–Kier alpha value is -0.830. The van der Waals surface area contributed by atoms with E-state index in [9.17, 15) is 4.79 Å². The van der Waals surface area contributed by atoms with Crippen LogP contribution in [0.1, 0.15) is 44.9 Å². The molecule has 0 aromatic rings. The average Bonchev–Trinajstić information content (AvgIpc) is 2.16. The summed E-state index contributed by atoms with van der Waals surface area (Å²) in [7, 11) is 0. The highest BCUT2D eigenvalue weighted by Gasteiger charge is 2.00. The van der Waals surface area contributed by atoms with Crippen LogP contribution in [0.4, 0.5) is 0 Å². The highest BCUT2D eigenvalue weighted by molar-refractivity contribution is 5.68. The maximum atomic E-state index is 10.5. The van der Waals surface area contributed by atoms with Crippen LogP contribution in [-0.4, -0.2) is 11.2 Å². The zero-order chi connectivity index (χ0) is 9.94. The highest BCUT2D eigenvalue weighted by atomic mass is 17.1. The van der Waals surface area contributed by atoms with Crippen LogP contribution in [0.2, 0.25) is 0 Å². The molecular weight excluding hydrogens is 168 g/mol. The fourth-order valence-corrected chi connectivity index (χ4v) is 1.13. The van der Waals surface area contributed by atoms with Gasteiger partial charge in [0.1, 0.15) is 0 Å². The van der Waals surface area contributed by atoms with Crippen molar-refractivity contribution in [2.24, 2.45) is 0 Å². The number of allylic oxidation sites excluding steroid dienone is 1. The molecule has 3 nitrogen and oxygen atoms in total. The van der Waals surface area contributed by atoms with Gasteiger partial charge >= 0.3 is 5.97 Å².